The summed E-state index contributed by atoms with van der Waals surface area (Å²) in [6, 6.07) is 0. The highest BCUT2D eigenvalue weighted by Gasteiger charge is 2.19. The number of carbonyl (C=O) groups excluding carboxylic acids is 2. The molecule has 0 aromatic carbocycles. The Bertz CT molecular complexity index is 167. The molecule has 0 rings (SSSR count). The van der Waals surface area contributed by atoms with E-state index in [0.29, 0.717) is 12.8 Å². The van der Waals surface area contributed by atoms with Crippen LogP contribution in [0.4, 0.5) is 0 Å². The number of esters is 2. The van der Waals surface area contributed by atoms with Gasteiger partial charge >= 0.3 is 11.9 Å². The highest BCUT2D eigenvalue weighted by atomic mass is 16.6. The zero-order valence-corrected chi connectivity index (χ0v) is 8.79. The van der Waals surface area contributed by atoms with Crippen LogP contribution in [0, 0.1) is 11.8 Å². The number of carbonyl (C=O) groups is 2. The Labute approximate surface area is 79.5 Å². The summed E-state index contributed by atoms with van der Waals surface area (Å²) in [5.41, 5.74) is 0. The molecule has 0 saturated carbocycles. The standard InChI is InChI=1S/C10H18O3/c1-5-7(3)9(11)13-10(12)8(4)6-2/h7-8H,5-6H2,1-4H3/t7-,8+. The Morgan fingerprint density at radius 3 is 1.54 bits per heavy atom. The lowest BCUT2D eigenvalue weighted by atomic mass is 10.1. The minimum absolute atomic E-state index is 0.187. The summed E-state index contributed by atoms with van der Waals surface area (Å²) < 4.78 is 4.68. The second kappa shape index (κ2) is 5.73. The molecule has 0 amide bonds. The van der Waals surface area contributed by atoms with Gasteiger partial charge in [0.2, 0.25) is 0 Å². The second-order valence-corrected chi connectivity index (χ2v) is 3.36. The summed E-state index contributed by atoms with van der Waals surface area (Å²) in [6.07, 6.45) is 1.40. The molecule has 13 heavy (non-hydrogen) atoms. The molecule has 0 unspecified atom stereocenters. The minimum Gasteiger partial charge on any atom is -0.393 e. The molecular weight excluding hydrogens is 168 g/mol. The van der Waals surface area contributed by atoms with Gasteiger partial charge in [0.25, 0.3) is 0 Å². The smallest absolute Gasteiger partial charge is 0.316 e. The van der Waals surface area contributed by atoms with Crippen LogP contribution in [-0.2, 0) is 14.3 Å². The van der Waals surface area contributed by atoms with Crippen molar-refractivity contribution in [1.29, 1.82) is 0 Å². The summed E-state index contributed by atoms with van der Waals surface area (Å²) in [7, 11) is 0. The van der Waals surface area contributed by atoms with Crippen LogP contribution in [0.3, 0.4) is 0 Å². The van der Waals surface area contributed by atoms with Gasteiger partial charge in [0, 0.05) is 0 Å². The first-order valence-electron chi connectivity index (χ1n) is 4.78. The van der Waals surface area contributed by atoms with E-state index < -0.39 is 11.9 Å². The Morgan fingerprint density at radius 1 is 1.00 bits per heavy atom. The predicted octanol–water partition coefficient (Wildman–Crippen LogP) is 2.15. The molecule has 0 aromatic rings. The fourth-order valence-electron chi connectivity index (χ4n) is 0.634. The van der Waals surface area contributed by atoms with Gasteiger partial charge in [-0.1, -0.05) is 27.7 Å². The largest absolute Gasteiger partial charge is 0.393 e. The van der Waals surface area contributed by atoms with Crippen molar-refractivity contribution in [2.75, 3.05) is 0 Å². The van der Waals surface area contributed by atoms with Crippen LogP contribution >= 0.6 is 0 Å². The lowest BCUT2D eigenvalue weighted by molar-refractivity contribution is -0.164. The summed E-state index contributed by atoms with van der Waals surface area (Å²) in [4.78, 5) is 22.3. The van der Waals surface area contributed by atoms with Gasteiger partial charge in [-0.3, -0.25) is 9.59 Å². The Kier molecular flexibility index (Phi) is 5.35. The quantitative estimate of drug-likeness (QED) is 0.499. The highest BCUT2D eigenvalue weighted by molar-refractivity contribution is 5.87. The maximum atomic E-state index is 11.2. The lowest BCUT2D eigenvalue weighted by Crippen LogP contribution is -2.22. The van der Waals surface area contributed by atoms with Crippen LogP contribution in [0.25, 0.3) is 0 Å². The maximum absolute atomic E-state index is 11.2. The Morgan fingerprint density at radius 2 is 1.31 bits per heavy atom. The van der Waals surface area contributed by atoms with Gasteiger partial charge in [0.05, 0.1) is 11.8 Å². The molecule has 0 heterocycles. The molecule has 0 aromatic heterocycles. The third kappa shape index (κ3) is 4.06. The first-order valence-corrected chi connectivity index (χ1v) is 4.78. The van der Waals surface area contributed by atoms with Crippen LogP contribution in [-0.4, -0.2) is 11.9 Å². The van der Waals surface area contributed by atoms with Crippen molar-refractivity contribution < 1.29 is 14.3 Å². The van der Waals surface area contributed by atoms with Gasteiger partial charge in [0.15, 0.2) is 0 Å². The van der Waals surface area contributed by atoms with Crippen molar-refractivity contribution in [3.63, 3.8) is 0 Å². The molecule has 2 atom stereocenters. The zero-order valence-electron chi connectivity index (χ0n) is 8.79. The van der Waals surface area contributed by atoms with Crippen LogP contribution in [0.5, 0.6) is 0 Å². The summed E-state index contributed by atoms with van der Waals surface area (Å²) in [5.74, 6) is -1.19. The average molecular weight is 186 g/mol. The molecule has 0 aliphatic rings. The van der Waals surface area contributed by atoms with E-state index in [-0.39, 0.29) is 11.8 Å². The molecule has 3 heteroatoms. The number of rotatable bonds is 4. The van der Waals surface area contributed by atoms with E-state index in [9.17, 15) is 9.59 Å². The fraction of sp³-hybridized carbons (Fsp3) is 0.800. The molecule has 0 spiro atoms. The van der Waals surface area contributed by atoms with Gasteiger partial charge in [-0.05, 0) is 12.8 Å². The van der Waals surface area contributed by atoms with Crippen LogP contribution in [0.1, 0.15) is 40.5 Å². The van der Waals surface area contributed by atoms with Crippen LogP contribution in [0.15, 0.2) is 0 Å². The summed E-state index contributed by atoms with van der Waals surface area (Å²) >= 11 is 0. The molecule has 0 N–H and O–H groups in total. The highest BCUT2D eigenvalue weighted by Crippen LogP contribution is 2.08. The van der Waals surface area contributed by atoms with Crippen molar-refractivity contribution in [2.45, 2.75) is 40.5 Å². The van der Waals surface area contributed by atoms with Gasteiger partial charge in [0.1, 0.15) is 0 Å². The number of ether oxygens (including phenoxy) is 1. The van der Waals surface area contributed by atoms with E-state index in [1.54, 1.807) is 13.8 Å². The molecule has 0 radical (unpaired) electrons. The molecular formula is C10H18O3. The summed E-state index contributed by atoms with van der Waals surface area (Å²) in [5, 5.41) is 0. The third-order valence-corrected chi connectivity index (χ3v) is 2.23. The SMILES string of the molecule is CC[C@@H](C)C(=O)OC(=O)[C@@H](C)CC. The second-order valence-electron chi connectivity index (χ2n) is 3.36. The number of hydrogen-bond acceptors (Lipinski definition) is 3. The van der Waals surface area contributed by atoms with Crippen LogP contribution in [0.2, 0.25) is 0 Å². The van der Waals surface area contributed by atoms with Crippen LogP contribution < -0.4 is 0 Å². The minimum atomic E-state index is -0.409. The van der Waals surface area contributed by atoms with Crippen molar-refractivity contribution in [2.24, 2.45) is 11.8 Å². The van der Waals surface area contributed by atoms with Crippen molar-refractivity contribution in [3.8, 4) is 0 Å². The molecule has 76 valence electrons. The van der Waals surface area contributed by atoms with Crippen molar-refractivity contribution >= 4 is 11.9 Å². The topological polar surface area (TPSA) is 43.4 Å². The normalized spacial score (nSPS) is 14.8. The average Bonchev–Trinajstić information content (AvgIpc) is 2.14. The first-order chi connectivity index (χ1) is 6.02. The van der Waals surface area contributed by atoms with Crippen molar-refractivity contribution in [1.82, 2.24) is 0 Å². The van der Waals surface area contributed by atoms with Gasteiger partial charge in [-0.2, -0.15) is 0 Å². The molecule has 3 nitrogen and oxygen atoms in total. The van der Waals surface area contributed by atoms with Crippen molar-refractivity contribution in [3.05, 3.63) is 0 Å². The monoisotopic (exact) mass is 186 g/mol. The maximum Gasteiger partial charge on any atom is 0.316 e. The van der Waals surface area contributed by atoms with E-state index in [1.165, 1.54) is 0 Å². The molecule has 0 aliphatic carbocycles. The number of hydrogen-bond donors (Lipinski definition) is 0. The van der Waals surface area contributed by atoms with E-state index >= 15 is 0 Å². The lowest BCUT2D eigenvalue weighted by Gasteiger charge is -2.10. The molecule has 0 aliphatic heterocycles. The predicted molar refractivity (Wildman–Crippen MR) is 50.0 cm³/mol. The van der Waals surface area contributed by atoms with Gasteiger partial charge in [-0.25, -0.2) is 0 Å². The Balaban J connectivity index is 3.99. The molecule has 0 bridgehead atoms. The Hall–Kier alpha value is -0.860. The fourth-order valence-corrected chi connectivity index (χ4v) is 0.634. The van der Waals surface area contributed by atoms with E-state index in [4.69, 9.17) is 0 Å². The molecule has 0 saturated heterocycles. The van der Waals surface area contributed by atoms with E-state index in [0.717, 1.165) is 0 Å². The molecule has 0 fully saturated rings. The van der Waals surface area contributed by atoms with E-state index in [1.807, 2.05) is 13.8 Å². The summed E-state index contributed by atoms with van der Waals surface area (Å²) in [6.45, 7) is 7.29. The first kappa shape index (κ1) is 12.1. The zero-order chi connectivity index (χ0) is 10.4. The van der Waals surface area contributed by atoms with Gasteiger partial charge in [-0.15, -0.1) is 0 Å². The van der Waals surface area contributed by atoms with E-state index in [2.05, 4.69) is 4.74 Å². The van der Waals surface area contributed by atoms with Gasteiger partial charge < -0.3 is 4.74 Å². The third-order valence-electron chi connectivity index (χ3n) is 2.23.